The van der Waals surface area contributed by atoms with Gasteiger partial charge in [-0.25, -0.2) is 8.42 Å². The van der Waals surface area contributed by atoms with Crippen LogP contribution in [-0.2, 0) is 16.6 Å². The van der Waals surface area contributed by atoms with Crippen LogP contribution < -0.4 is 10.0 Å². The monoisotopic (exact) mass is 324 g/mol. The molecule has 0 amide bonds. The largest absolute Gasteiger partial charge is 0.316 e. The highest BCUT2D eigenvalue weighted by Crippen LogP contribution is 2.25. The molecule has 0 bridgehead atoms. The van der Waals surface area contributed by atoms with E-state index in [-0.39, 0.29) is 4.90 Å². The number of hydrogen-bond acceptors (Lipinski definition) is 3. The number of benzene rings is 2. The van der Waals surface area contributed by atoms with E-state index in [1.807, 2.05) is 13.1 Å². The SMILES string of the molecule is CNCc1ccc(C)c(S(=O)(=O)Nc2ccccc2Cl)c1. The maximum Gasteiger partial charge on any atom is 0.262 e. The fourth-order valence-electron chi connectivity index (χ4n) is 1.99. The molecule has 6 heteroatoms. The molecule has 2 aromatic carbocycles. The zero-order chi connectivity index (χ0) is 15.5. The number of aryl methyl sites for hydroxylation is 1. The van der Waals surface area contributed by atoms with Gasteiger partial charge in [0.05, 0.1) is 15.6 Å². The van der Waals surface area contributed by atoms with Crippen molar-refractivity contribution in [2.45, 2.75) is 18.4 Å². The molecule has 4 nitrogen and oxygen atoms in total. The van der Waals surface area contributed by atoms with E-state index in [9.17, 15) is 8.42 Å². The van der Waals surface area contributed by atoms with Gasteiger partial charge in [0.2, 0.25) is 0 Å². The number of halogens is 1. The summed E-state index contributed by atoms with van der Waals surface area (Å²) in [5.74, 6) is 0. The molecule has 112 valence electrons. The summed E-state index contributed by atoms with van der Waals surface area (Å²) in [5, 5.41) is 3.37. The fourth-order valence-corrected chi connectivity index (χ4v) is 3.61. The molecule has 0 atom stereocenters. The number of para-hydroxylation sites is 1. The van der Waals surface area contributed by atoms with Crippen LogP contribution in [0.5, 0.6) is 0 Å². The normalized spacial score (nSPS) is 11.4. The van der Waals surface area contributed by atoms with E-state index in [2.05, 4.69) is 10.0 Å². The number of sulfonamides is 1. The van der Waals surface area contributed by atoms with Crippen molar-refractivity contribution in [2.75, 3.05) is 11.8 Å². The maximum atomic E-state index is 12.5. The molecule has 2 N–H and O–H groups in total. The van der Waals surface area contributed by atoms with Gasteiger partial charge in [-0.3, -0.25) is 4.72 Å². The molecule has 0 radical (unpaired) electrons. The smallest absolute Gasteiger partial charge is 0.262 e. The van der Waals surface area contributed by atoms with Crippen molar-refractivity contribution >= 4 is 27.3 Å². The summed E-state index contributed by atoms with van der Waals surface area (Å²) < 4.78 is 27.6. The average Bonchev–Trinajstić information content (AvgIpc) is 2.43. The standard InChI is InChI=1S/C15H17ClN2O2S/c1-11-7-8-12(10-17-2)9-15(11)21(19,20)18-14-6-4-3-5-13(14)16/h3-9,17-18H,10H2,1-2H3. The Balaban J connectivity index is 2.40. The molecule has 0 saturated heterocycles. The summed E-state index contributed by atoms with van der Waals surface area (Å²) in [6, 6.07) is 12.1. The first-order valence-electron chi connectivity index (χ1n) is 6.45. The van der Waals surface area contributed by atoms with Crippen molar-refractivity contribution in [1.29, 1.82) is 0 Å². The second kappa shape index (κ2) is 6.47. The first-order valence-corrected chi connectivity index (χ1v) is 8.31. The summed E-state index contributed by atoms with van der Waals surface area (Å²) in [4.78, 5) is 0.259. The molecular formula is C15H17ClN2O2S. The second-order valence-electron chi connectivity index (χ2n) is 4.72. The molecule has 0 aliphatic rings. The first kappa shape index (κ1) is 15.8. The van der Waals surface area contributed by atoms with Gasteiger partial charge >= 0.3 is 0 Å². The molecular weight excluding hydrogens is 308 g/mol. The molecule has 2 rings (SSSR count). The number of hydrogen-bond donors (Lipinski definition) is 2. The van der Waals surface area contributed by atoms with Crippen molar-refractivity contribution < 1.29 is 8.42 Å². The third kappa shape index (κ3) is 3.75. The highest BCUT2D eigenvalue weighted by Gasteiger charge is 2.18. The summed E-state index contributed by atoms with van der Waals surface area (Å²) in [6.07, 6.45) is 0. The highest BCUT2D eigenvalue weighted by molar-refractivity contribution is 7.92. The van der Waals surface area contributed by atoms with Crippen LogP contribution in [0.15, 0.2) is 47.4 Å². The van der Waals surface area contributed by atoms with Gasteiger partial charge in [0.25, 0.3) is 10.0 Å². The minimum absolute atomic E-state index is 0.259. The van der Waals surface area contributed by atoms with Gasteiger partial charge in [0.1, 0.15) is 0 Å². The molecule has 2 aromatic rings. The van der Waals surface area contributed by atoms with Crippen LogP contribution in [0.25, 0.3) is 0 Å². The Morgan fingerprint density at radius 1 is 1.14 bits per heavy atom. The third-order valence-electron chi connectivity index (χ3n) is 3.04. The highest BCUT2D eigenvalue weighted by atomic mass is 35.5. The maximum absolute atomic E-state index is 12.5. The van der Waals surface area contributed by atoms with Crippen LogP contribution in [0.1, 0.15) is 11.1 Å². The van der Waals surface area contributed by atoms with Crippen LogP contribution in [0.2, 0.25) is 5.02 Å². The Hall–Kier alpha value is -1.56. The van der Waals surface area contributed by atoms with Crippen molar-refractivity contribution in [3.8, 4) is 0 Å². The Labute approximate surface area is 130 Å². The van der Waals surface area contributed by atoms with Gasteiger partial charge < -0.3 is 5.32 Å². The lowest BCUT2D eigenvalue weighted by molar-refractivity contribution is 0.600. The molecule has 0 aromatic heterocycles. The van der Waals surface area contributed by atoms with Gasteiger partial charge in [0, 0.05) is 6.54 Å². The third-order valence-corrected chi connectivity index (χ3v) is 4.88. The molecule has 0 aliphatic carbocycles. The summed E-state index contributed by atoms with van der Waals surface area (Å²) in [5.41, 5.74) is 1.97. The molecule has 0 unspecified atom stereocenters. The number of anilines is 1. The van der Waals surface area contributed by atoms with E-state index in [0.717, 1.165) is 5.56 Å². The average molecular weight is 325 g/mol. The van der Waals surface area contributed by atoms with E-state index < -0.39 is 10.0 Å². The van der Waals surface area contributed by atoms with Crippen LogP contribution in [0, 0.1) is 6.92 Å². The predicted octanol–water partition coefficient (Wildman–Crippen LogP) is 3.17. The zero-order valence-corrected chi connectivity index (χ0v) is 13.4. The van der Waals surface area contributed by atoms with Gasteiger partial charge in [0.15, 0.2) is 0 Å². The molecule has 0 heterocycles. The Morgan fingerprint density at radius 3 is 2.52 bits per heavy atom. The number of rotatable bonds is 5. The number of nitrogens with one attached hydrogen (secondary N) is 2. The predicted molar refractivity (Wildman–Crippen MR) is 86.2 cm³/mol. The lowest BCUT2D eigenvalue weighted by Gasteiger charge is -2.13. The molecule has 0 saturated carbocycles. The molecule has 0 fully saturated rings. The van der Waals surface area contributed by atoms with Crippen molar-refractivity contribution in [3.63, 3.8) is 0 Å². The molecule has 21 heavy (non-hydrogen) atoms. The van der Waals surface area contributed by atoms with Crippen molar-refractivity contribution in [3.05, 3.63) is 58.6 Å². The van der Waals surface area contributed by atoms with Crippen LogP contribution in [0.3, 0.4) is 0 Å². The second-order valence-corrected chi connectivity index (χ2v) is 6.77. The minimum Gasteiger partial charge on any atom is -0.316 e. The van der Waals surface area contributed by atoms with Gasteiger partial charge in [-0.05, 0) is 43.3 Å². The first-order chi connectivity index (χ1) is 9.94. The Bertz CT molecular complexity index is 745. The van der Waals surface area contributed by atoms with Gasteiger partial charge in [-0.15, -0.1) is 0 Å². The Morgan fingerprint density at radius 2 is 1.86 bits per heavy atom. The van der Waals surface area contributed by atoms with Crippen LogP contribution >= 0.6 is 11.6 Å². The molecule has 0 spiro atoms. The van der Waals surface area contributed by atoms with E-state index in [1.165, 1.54) is 0 Å². The summed E-state index contributed by atoms with van der Waals surface area (Å²) in [6.45, 7) is 2.37. The summed E-state index contributed by atoms with van der Waals surface area (Å²) >= 11 is 6.00. The topological polar surface area (TPSA) is 58.2 Å². The van der Waals surface area contributed by atoms with E-state index in [0.29, 0.717) is 22.8 Å². The minimum atomic E-state index is -3.67. The zero-order valence-electron chi connectivity index (χ0n) is 11.9. The lowest BCUT2D eigenvalue weighted by atomic mass is 10.1. The fraction of sp³-hybridized carbons (Fsp3) is 0.200. The van der Waals surface area contributed by atoms with Crippen molar-refractivity contribution in [1.82, 2.24) is 5.32 Å². The van der Waals surface area contributed by atoms with E-state index >= 15 is 0 Å². The van der Waals surface area contributed by atoms with Crippen LogP contribution in [0.4, 0.5) is 5.69 Å². The van der Waals surface area contributed by atoms with Crippen LogP contribution in [-0.4, -0.2) is 15.5 Å². The lowest BCUT2D eigenvalue weighted by Crippen LogP contribution is -2.15. The van der Waals surface area contributed by atoms with Gasteiger partial charge in [-0.2, -0.15) is 0 Å². The van der Waals surface area contributed by atoms with E-state index in [1.54, 1.807) is 43.3 Å². The van der Waals surface area contributed by atoms with E-state index in [4.69, 9.17) is 11.6 Å². The van der Waals surface area contributed by atoms with Gasteiger partial charge in [-0.1, -0.05) is 35.9 Å². The Kier molecular flexibility index (Phi) is 4.88. The van der Waals surface area contributed by atoms with Crippen molar-refractivity contribution in [2.24, 2.45) is 0 Å². The molecule has 0 aliphatic heterocycles. The summed E-state index contributed by atoms with van der Waals surface area (Å²) in [7, 11) is -1.85. The quantitative estimate of drug-likeness (QED) is 0.888.